The summed E-state index contributed by atoms with van der Waals surface area (Å²) in [5.74, 6) is 0. The first-order chi connectivity index (χ1) is 9.34. The maximum absolute atomic E-state index is 11.8. The summed E-state index contributed by atoms with van der Waals surface area (Å²) in [6, 6.07) is 7.59. The van der Waals surface area contributed by atoms with Gasteiger partial charge in [0, 0.05) is 40.8 Å². The van der Waals surface area contributed by atoms with Gasteiger partial charge >= 0.3 is 0 Å². The van der Waals surface area contributed by atoms with E-state index in [1.54, 1.807) is 29.8 Å². The molecule has 3 aromatic rings. The largest absolute Gasteiger partial charge is 0.618 e. The molecule has 0 saturated carbocycles. The molecule has 2 aromatic heterocycles. The fourth-order valence-electron chi connectivity index (χ4n) is 2.37. The maximum Gasteiger partial charge on any atom is 0.224 e. The molecule has 1 N–H and O–H groups in total. The van der Waals surface area contributed by atoms with Gasteiger partial charge in [-0.25, -0.2) is 0 Å². The maximum atomic E-state index is 11.8. The predicted octanol–water partition coefficient (Wildman–Crippen LogP) is 1.12. The van der Waals surface area contributed by atoms with Crippen molar-refractivity contribution in [2.75, 3.05) is 0 Å². The lowest BCUT2D eigenvalue weighted by molar-refractivity contribution is -0.576. The van der Waals surface area contributed by atoms with Crippen LogP contribution in [0.3, 0.4) is 0 Å². The molecule has 0 radical (unpaired) electrons. The van der Waals surface area contributed by atoms with Gasteiger partial charge in [-0.2, -0.15) is 4.73 Å². The SMILES string of the molecule is [O-][n+]1cccc2c3c4c(sc3ccc21)=CNC=CN=4. The molecule has 0 bridgehead atoms. The summed E-state index contributed by atoms with van der Waals surface area (Å²) >= 11 is 1.67. The minimum Gasteiger partial charge on any atom is -0.618 e. The van der Waals surface area contributed by atoms with E-state index >= 15 is 0 Å². The fraction of sp³-hybridized carbons (Fsp3) is 0. The van der Waals surface area contributed by atoms with E-state index < -0.39 is 0 Å². The van der Waals surface area contributed by atoms with Crippen LogP contribution >= 0.6 is 11.3 Å². The number of rotatable bonds is 0. The first-order valence-corrected chi connectivity index (χ1v) is 6.69. The number of benzene rings is 1. The highest BCUT2D eigenvalue weighted by molar-refractivity contribution is 7.17. The highest BCUT2D eigenvalue weighted by atomic mass is 32.1. The quantitative estimate of drug-likeness (QED) is 0.490. The van der Waals surface area contributed by atoms with Crippen LogP contribution in [0.1, 0.15) is 0 Å². The van der Waals surface area contributed by atoms with E-state index in [1.165, 1.54) is 6.20 Å². The molecule has 3 heterocycles. The van der Waals surface area contributed by atoms with E-state index in [1.807, 2.05) is 24.4 Å². The van der Waals surface area contributed by atoms with Gasteiger partial charge in [0.2, 0.25) is 5.52 Å². The number of aromatic nitrogens is 1. The number of nitrogens with zero attached hydrogens (tertiary/aromatic N) is 2. The van der Waals surface area contributed by atoms with E-state index in [9.17, 15) is 5.21 Å². The lowest BCUT2D eigenvalue weighted by atomic mass is 10.1. The monoisotopic (exact) mass is 267 g/mol. The lowest BCUT2D eigenvalue weighted by Crippen LogP contribution is -2.26. The molecular weight excluding hydrogens is 258 g/mol. The van der Waals surface area contributed by atoms with Gasteiger partial charge in [0.25, 0.3) is 0 Å². The van der Waals surface area contributed by atoms with Crippen molar-refractivity contribution in [3.8, 4) is 0 Å². The fourth-order valence-corrected chi connectivity index (χ4v) is 3.43. The molecule has 0 saturated heterocycles. The molecule has 92 valence electrons. The Bertz CT molecular complexity index is 956. The second kappa shape index (κ2) is 3.80. The van der Waals surface area contributed by atoms with Gasteiger partial charge in [0.05, 0.1) is 15.3 Å². The molecule has 4 nitrogen and oxygen atoms in total. The molecule has 0 spiro atoms. The topological polar surface area (TPSA) is 51.3 Å². The number of fused-ring (bicyclic) bond motifs is 5. The Labute approximate surface area is 112 Å². The number of hydrogen-bond donors (Lipinski definition) is 1. The van der Waals surface area contributed by atoms with E-state index in [0.29, 0.717) is 5.52 Å². The van der Waals surface area contributed by atoms with Gasteiger partial charge in [-0.3, -0.25) is 4.99 Å². The zero-order valence-corrected chi connectivity index (χ0v) is 10.6. The highest BCUT2D eigenvalue weighted by Crippen LogP contribution is 2.22. The van der Waals surface area contributed by atoms with E-state index in [-0.39, 0.29) is 0 Å². The van der Waals surface area contributed by atoms with Crippen molar-refractivity contribution in [3.63, 3.8) is 0 Å². The molecule has 0 fully saturated rings. The van der Waals surface area contributed by atoms with Crippen LogP contribution in [-0.2, 0) is 0 Å². The average Bonchev–Trinajstić information content (AvgIpc) is 2.62. The third kappa shape index (κ3) is 1.45. The number of nitrogens with one attached hydrogen (secondary N) is 1. The van der Waals surface area contributed by atoms with Crippen LogP contribution in [0, 0.1) is 5.21 Å². The Morgan fingerprint density at radius 3 is 3.16 bits per heavy atom. The Balaban J connectivity index is 2.35. The first kappa shape index (κ1) is 10.5. The normalized spacial score (nSPS) is 13.5. The van der Waals surface area contributed by atoms with E-state index in [2.05, 4.69) is 10.3 Å². The molecule has 0 amide bonds. The Hall–Kier alpha value is -2.40. The highest BCUT2D eigenvalue weighted by Gasteiger charge is 2.11. The third-order valence-electron chi connectivity index (χ3n) is 3.18. The van der Waals surface area contributed by atoms with Crippen molar-refractivity contribution in [2.45, 2.75) is 0 Å². The van der Waals surface area contributed by atoms with Crippen molar-refractivity contribution < 1.29 is 4.73 Å². The van der Waals surface area contributed by atoms with Crippen molar-refractivity contribution in [2.24, 2.45) is 4.99 Å². The molecule has 0 aliphatic carbocycles. The summed E-state index contributed by atoms with van der Waals surface area (Å²) in [5, 5.41) is 17.8. The first-order valence-electron chi connectivity index (χ1n) is 5.87. The average molecular weight is 267 g/mol. The van der Waals surface area contributed by atoms with Crippen molar-refractivity contribution >= 4 is 38.5 Å². The van der Waals surface area contributed by atoms with Crippen LogP contribution in [0.2, 0.25) is 0 Å². The molecule has 1 aromatic carbocycles. The molecular formula is C14H9N3OS. The Kier molecular flexibility index (Phi) is 2.10. The van der Waals surface area contributed by atoms with Crippen LogP contribution < -0.4 is 19.9 Å². The molecule has 1 aliphatic heterocycles. The minimum atomic E-state index is 0.673. The second-order valence-electron chi connectivity index (χ2n) is 4.28. The summed E-state index contributed by atoms with van der Waals surface area (Å²) in [4.78, 5) is 4.48. The van der Waals surface area contributed by atoms with Crippen LogP contribution in [0.5, 0.6) is 0 Å². The molecule has 0 unspecified atom stereocenters. The van der Waals surface area contributed by atoms with Gasteiger partial charge in [0.1, 0.15) is 0 Å². The Morgan fingerprint density at radius 1 is 1.26 bits per heavy atom. The number of thiophene rings is 1. The van der Waals surface area contributed by atoms with Crippen molar-refractivity contribution in [1.82, 2.24) is 5.32 Å². The molecule has 5 heteroatoms. The summed E-state index contributed by atoms with van der Waals surface area (Å²) in [6.07, 6.45) is 6.98. The van der Waals surface area contributed by atoms with Gasteiger partial charge < -0.3 is 10.5 Å². The van der Waals surface area contributed by atoms with Crippen molar-refractivity contribution in [3.05, 3.63) is 58.0 Å². The molecule has 4 rings (SSSR count). The Morgan fingerprint density at radius 2 is 2.21 bits per heavy atom. The summed E-state index contributed by atoms with van der Waals surface area (Å²) < 4.78 is 3.11. The summed E-state index contributed by atoms with van der Waals surface area (Å²) in [5.41, 5.74) is 0.673. The molecule has 1 aliphatic rings. The summed E-state index contributed by atoms with van der Waals surface area (Å²) in [7, 11) is 0. The van der Waals surface area contributed by atoms with Gasteiger partial charge in [0.15, 0.2) is 6.20 Å². The van der Waals surface area contributed by atoms with E-state index in [4.69, 9.17) is 0 Å². The van der Waals surface area contributed by atoms with Gasteiger partial charge in [-0.15, -0.1) is 11.3 Å². The zero-order chi connectivity index (χ0) is 12.8. The van der Waals surface area contributed by atoms with Crippen LogP contribution in [0.4, 0.5) is 0 Å². The second-order valence-corrected chi connectivity index (χ2v) is 5.36. The zero-order valence-electron chi connectivity index (χ0n) is 9.83. The van der Waals surface area contributed by atoms with Crippen molar-refractivity contribution in [1.29, 1.82) is 0 Å². The van der Waals surface area contributed by atoms with Gasteiger partial charge in [-0.1, -0.05) is 0 Å². The van der Waals surface area contributed by atoms with E-state index in [0.717, 1.165) is 30.1 Å². The predicted molar refractivity (Wildman–Crippen MR) is 75.8 cm³/mol. The third-order valence-corrected chi connectivity index (χ3v) is 4.28. The van der Waals surface area contributed by atoms with Crippen LogP contribution in [-0.4, -0.2) is 0 Å². The standard InChI is InChI=1S/C14H9N3OS/c18-17-7-1-2-9-10(17)3-4-11-13(9)14-12(19-11)8-15-5-6-16-14/h1-8,15H. The van der Waals surface area contributed by atoms with Crippen LogP contribution in [0.25, 0.3) is 27.2 Å². The van der Waals surface area contributed by atoms with Gasteiger partial charge in [-0.05, 0) is 12.1 Å². The number of hydrogen-bond acceptors (Lipinski definition) is 4. The van der Waals surface area contributed by atoms with Crippen LogP contribution in [0.15, 0.2) is 47.9 Å². The minimum absolute atomic E-state index is 0.673. The molecule has 0 atom stereocenters. The molecule has 19 heavy (non-hydrogen) atoms. The summed E-state index contributed by atoms with van der Waals surface area (Å²) in [6.45, 7) is 0. The number of pyridine rings is 1. The smallest absolute Gasteiger partial charge is 0.224 e. The lowest BCUT2D eigenvalue weighted by Gasteiger charge is -2.01.